The van der Waals surface area contributed by atoms with E-state index < -0.39 is 5.69 Å². The highest BCUT2D eigenvalue weighted by Crippen LogP contribution is 1.88. The lowest BCUT2D eigenvalue weighted by atomic mass is 10.4. The van der Waals surface area contributed by atoms with Gasteiger partial charge in [0.2, 0.25) is 5.91 Å². The van der Waals surface area contributed by atoms with Crippen molar-refractivity contribution in [2.75, 3.05) is 27.2 Å². The first-order chi connectivity index (χ1) is 8.47. The molecule has 0 aliphatic rings. The van der Waals surface area contributed by atoms with E-state index in [1.807, 2.05) is 0 Å². The van der Waals surface area contributed by atoms with E-state index in [2.05, 4.69) is 5.32 Å². The Morgan fingerprint density at radius 1 is 1.42 bits per heavy atom. The lowest BCUT2D eigenvalue weighted by molar-refractivity contribution is -0.130. The summed E-state index contributed by atoms with van der Waals surface area (Å²) in [5.74, 6) is -0.175. The average Bonchev–Trinajstić information content (AvgIpc) is 2.36. The minimum Gasteiger partial charge on any atom is -0.343 e. The average molecular weight is 291 g/mol. The normalized spacial score (nSPS) is 9.84. The van der Waals surface area contributed by atoms with Crippen molar-refractivity contribution < 1.29 is 4.79 Å². The quantitative estimate of drug-likeness (QED) is 0.727. The standard InChI is InChI=1S/C11H18N4O3.ClH/c1-12-5-7-13(2)10(17)8-15-6-4-9(16)14(3)11(15)18;/h4,6,12H,5,7-8H2,1-3H3;1H. The molecule has 0 aromatic carbocycles. The molecule has 0 aliphatic carbocycles. The van der Waals surface area contributed by atoms with Crippen LogP contribution in [0.1, 0.15) is 0 Å². The third kappa shape index (κ3) is 4.53. The highest BCUT2D eigenvalue weighted by Gasteiger charge is 2.10. The van der Waals surface area contributed by atoms with Crippen LogP contribution in [0, 0.1) is 0 Å². The molecule has 0 spiro atoms. The topological polar surface area (TPSA) is 76.3 Å². The molecule has 1 N–H and O–H groups in total. The molecule has 0 radical (unpaired) electrons. The summed E-state index contributed by atoms with van der Waals surface area (Å²) in [7, 11) is 4.86. The molecule has 19 heavy (non-hydrogen) atoms. The molecule has 8 heteroatoms. The zero-order chi connectivity index (χ0) is 13.7. The molecular weight excluding hydrogens is 272 g/mol. The molecule has 108 valence electrons. The summed E-state index contributed by atoms with van der Waals surface area (Å²) in [6.45, 7) is 1.19. The molecule has 1 aromatic rings. The minimum absolute atomic E-state index is 0. The Bertz CT molecular complexity index is 537. The summed E-state index contributed by atoms with van der Waals surface area (Å²) in [6.07, 6.45) is 1.34. The summed E-state index contributed by atoms with van der Waals surface area (Å²) in [5, 5.41) is 2.94. The zero-order valence-corrected chi connectivity index (χ0v) is 12.1. The summed E-state index contributed by atoms with van der Waals surface area (Å²) in [4.78, 5) is 36.3. The molecule has 1 rings (SSSR count). The fourth-order valence-corrected chi connectivity index (χ4v) is 1.41. The second-order valence-corrected chi connectivity index (χ2v) is 4.04. The Hall–Kier alpha value is -1.60. The van der Waals surface area contributed by atoms with Crippen molar-refractivity contribution in [3.05, 3.63) is 33.1 Å². The van der Waals surface area contributed by atoms with Gasteiger partial charge in [0.05, 0.1) is 0 Å². The van der Waals surface area contributed by atoms with Gasteiger partial charge >= 0.3 is 5.69 Å². The van der Waals surface area contributed by atoms with E-state index >= 15 is 0 Å². The molecule has 1 amide bonds. The Labute approximate surface area is 117 Å². The van der Waals surface area contributed by atoms with Crippen molar-refractivity contribution in [2.24, 2.45) is 7.05 Å². The Morgan fingerprint density at radius 2 is 2.05 bits per heavy atom. The van der Waals surface area contributed by atoms with E-state index in [1.165, 1.54) is 28.8 Å². The molecule has 0 aliphatic heterocycles. The van der Waals surface area contributed by atoms with Crippen LogP contribution in [0.15, 0.2) is 21.9 Å². The van der Waals surface area contributed by atoms with Gasteiger partial charge in [-0.05, 0) is 7.05 Å². The molecule has 1 heterocycles. The number of likely N-dealkylation sites (N-methyl/N-ethyl adjacent to an activating group) is 2. The maximum Gasteiger partial charge on any atom is 0.331 e. The predicted octanol–water partition coefficient (Wildman–Crippen LogP) is -1.35. The van der Waals surface area contributed by atoms with Gasteiger partial charge in [0.1, 0.15) is 6.54 Å². The van der Waals surface area contributed by atoms with Crippen molar-refractivity contribution in [3.63, 3.8) is 0 Å². The van der Waals surface area contributed by atoms with Gasteiger partial charge in [-0.2, -0.15) is 0 Å². The number of carbonyl (C=O) groups is 1. The number of hydrogen-bond donors (Lipinski definition) is 1. The largest absolute Gasteiger partial charge is 0.343 e. The van der Waals surface area contributed by atoms with Gasteiger partial charge < -0.3 is 10.2 Å². The minimum atomic E-state index is -0.488. The summed E-state index contributed by atoms with van der Waals surface area (Å²) < 4.78 is 2.19. The van der Waals surface area contributed by atoms with Crippen molar-refractivity contribution >= 4 is 18.3 Å². The molecule has 0 unspecified atom stereocenters. The highest BCUT2D eigenvalue weighted by atomic mass is 35.5. The SMILES string of the molecule is CNCCN(C)C(=O)Cn1ccc(=O)n(C)c1=O.Cl. The fraction of sp³-hybridized carbons (Fsp3) is 0.545. The number of halogens is 1. The number of carbonyl (C=O) groups excluding carboxylic acids is 1. The lowest BCUT2D eigenvalue weighted by Crippen LogP contribution is -2.41. The van der Waals surface area contributed by atoms with Gasteiger partial charge in [0.25, 0.3) is 5.56 Å². The molecule has 1 aromatic heterocycles. The van der Waals surface area contributed by atoms with Crippen LogP contribution in [0.5, 0.6) is 0 Å². The Kier molecular flexibility index (Phi) is 7.10. The second-order valence-electron chi connectivity index (χ2n) is 4.04. The zero-order valence-electron chi connectivity index (χ0n) is 11.3. The number of rotatable bonds is 5. The maximum absolute atomic E-state index is 11.8. The maximum atomic E-state index is 11.8. The van der Waals surface area contributed by atoms with E-state index in [4.69, 9.17) is 0 Å². The van der Waals surface area contributed by atoms with Gasteiger partial charge in [-0.1, -0.05) is 0 Å². The van der Waals surface area contributed by atoms with Gasteiger partial charge in [0.15, 0.2) is 0 Å². The fourth-order valence-electron chi connectivity index (χ4n) is 1.41. The molecule has 0 atom stereocenters. The third-order valence-corrected chi connectivity index (χ3v) is 2.69. The van der Waals surface area contributed by atoms with Crippen molar-refractivity contribution in [3.8, 4) is 0 Å². The Morgan fingerprint density at radius 3 is 2.63 bits per heavy atom. The number of aromatic nitrogens is 2. The molecule has 0 bridgehead atoms. The number of nitrogens with one attached hydrogen (secondary N) is 1. The monoisotopic (exact) mass is 290 g/mol. The van der Waals surface area contributed by atoms with E-state index in [1.54, 1.807) is 14.1 Å². The van der Waals surface area contributed by atoms with Crippen LogP contribution in [0.3, 0.4) is 0 Å². The smallest absolute Gasteiger partial charge is 0.331 e. The highest BCUT2D eigenvalue weighted by molar-refractivity contribution is 5.85. The Balaban J connectivity index is 0.00000324. The van der Waals surface area contributed by atoms with E-state index in [9.17, 15) is 14.4 Å². The van der Waals surface area contributed by atoms with Gasteiger partial charge in [-0.15, -0.1) is 12.4 Å². The second kappa shape index (κ2) is 7.75. The molecule has 7 nitrogen and oxygen atoms in total. The van der Waals surface area contributed by atoms with E-state index in [0.717, 1.165) is 4.57 Å². The first-order valence-electron chi connectivity index (χ1n) is 5.62. The molecule has 0 saturated heterocycles. The van der Waals surface area contributed by atoms with E-state index in [0.29, 0.717) is 13.1 Å². The van der Waals surface area contributed by atoms with Gasteiger partial charge in [-0.25, -0.2) is 4.79 Å². The van der Waals surface area contributed by atoms with Crippen LogP contribution in [0.25, 0.3) is 0 Å². The van der Waals surface area contributed by atoms with Crippen molar-refractivity contribution in [2.45, 2.75) is 6.54 Å². The van der Waals surface area contributed by atoms with Crippen molar-refractivity contribution in [1.29, 1.82) is 0 Å². The van der Waals surface area contributed by atoms with Crippen LogP contribution in [-0.2, 0) is 18.4 Å². The van der Waals surface area contributed by atoms with Gasteiger partial charge in [-0.3, -0.25) is 18.7 Å². The molecule has 0 fully saturated rings. The van der Waals surface area contributed by atoms with Gasteiger partial charge in [0, 0.05) is 39.4 Å². The van der Waals surface area contributed by atoms with Crippen molar-refractivity contribution in [1.82, 2.24) is 19.4 Å². The first kappa shape index (κ1) is 17.4. The predicted molar refractivity (Wildman–Crippen MR) is 74.8 cm³/mol. The van der Waals surface area contributed by atoms with Crippen LogP contribution in [0.4, 0.5) is 0 Å². The van der Waals surface area contributed by atoms with Crippen LogP contribution >= 0.6 is 12.4 Å². The van der Waals surface area contributed by atoms with Crippen LogP contribution in [0.2, 0.25) is 0 Å². The van der Waals surface area contributed by atoms with E-state index in [-0.39, 0.29) is 30.4 Å². The lowest BCUT2D eigenvalue weighted by Gasteiger charge is -2.17. The number of amides is 1. The third-order valence-electron chi connectivity index (χ3n) is 2.69. The summed E-state index contributed by atoms with van der Waals surface area (Å²) >= 11 is 0. The molecule has 0 saturated carbocycles. The van der Waals surface area contributed by atoms with Crippen LogP contribution in [-0.4, -0.2) is 47.1 Å². The number of nitrogens with zero attached hydrogens (tertiary/aromatic N) is 3. The number of hydrogen-bond acceptors (Lipinski definition) is 4. The molecular formula is C11H19ClN4O3. The first-order valence-corrected chi connectivity index (χ1v) is 5.62. The van der Waals surface area contributed by atoms with Crippen LogP contribution < -0.4 is 16.6 Å². The summed E-state index contributed by atoms with van der Waals surface area (Å²) in [6, 6.07) is 1.27. The summed E-state index contributed by atoms with van der Waals surface area (Å²) in [5.41, 5.74) is -0.870.